The lowest BCUT2D eigenvalue weighted by atomic mass is 10.3. The molecule has 0 unspecified atom stereocenters. The summed E-state index contributed by atoms with van der Waals surface area (Å²) in [6.45, 7) is 3.25. The second-order valence-electron chi connectivity index (χ2n) is 6.24. The first-order chi connectivity index (χ1) is 13.3. The molecule has 0 atom stereocenters. The van der Waals surface area contributed by atoms with Gasteiger partial charge in [-0.2, -0.15) is 0 Å². The van der Waals surface area contributed by atoms with Crippen molar-refractivity contribution in [1.29, 1.82) is 0 Å². The Morgan fingerprint density at radius 2 is 2.00 bits per heavy atom. The number of carbonyl (C=O) groups excluding carboxylic acids is 1. The molecule has 4 rings (SSSR count). The van der Waals surface area contributed by atoms with Crippen LogP contribution < -0.4 is 10.2 Å². The lowest BCUT2D eigenvalue weighted by molar-refractivity contribution is -0.115. The highest BCUT2D eigenvalue weighted by molar-refractivity contribution is 7.99. The summed E-state index contributed by atoms with van der Waals surface area (Å²) in [5.41, 5.74) is 1.80. The van der Waals surface area contributed by atoms with Gasteiger partial charge >= 0.3 is 0 Å². The number of nitrogens with one attached hydrogen (secondary N) is 1. The minimum Gasteiger partial charge on any atom is -0.378 e. The van der Waals surface area contributed by atoms with Crippen LogP contribution in [0.3, 0.4) is 0 Å². The molecule has 0 radical (unpaired) electrons. The third-order valence-electron chi connectivity index (χ3n) is 4.28. The van der Waals surface area contributed by atoms with Gasteiger partial charge in [0.25, 0.3) is 0 Å². The highest BCUT2D eigenvalue weighted by Crippen LogP contribution is 2.31. The topological polar surface area (TPSA) is 54.5 Å². The highest BCUT2D eigenvalue weighted by Gasteiger charge is 2.15. The molecule has 1 saturated heterocycles. The highest BCUT2D eigenvalue weighted by atomic mass is 32.2. The molecule has 1 aliphatic rings. The molecule has 7 heteroatoms. The summed E-state index contributed by atoms with van der Waals surface area (Å²) >= 11 is 3.36. The number of fused-ring (bicyclic) bond motifs is 1. The van der Waals surface area contributed by atoms with Gasteiger partial charge in [-0.05, 0) is 30.3 Å². The number of rotatable bonds is 6. The number of hydrogen-bond donors (Lipinski definition) is 1. The standard InChI is InChI=1S/C20H21N3O2S2/c24-19(8-13-26-16-4-2-1-3-5-16)21-15-6-7-17-18(14-15)27-20(22-17)23-9-11-25-12-10-23/h1-7,14H,8-13H2,(H,21,24). The molecule has 1 N–H and O–H groups in total. The van der Waals surface area contributed by atoms with Crippen LogP contribution >= 0.6 is 23.1 Å². The summed E-state index contributed by atoms with van der Waals surface area (Å²) in [5.74, 6) is 0.801. The van der Waals surface area contributed by atoms with Crippen LogP contribution in [-0.4, -0.2) is 42.9 Å². The Balaban J connectivity index is 1.34. The molecule has 5 nitrogen and oxygen atoms in total. The van der Waals surface area contributed by atoms with E-state index in [4.69, 9.17) is 9.72 Å². The van der Waals surface area contributed by atoms with E-state index in [-0.39, 0.29) is 5.91 Å². The van der Waals surface area contributed by atoms with E-state index >= 15 is 0 Å². The third-order valence-corrected chi connectivity index (χ3v) is 6.38. The predicted molar refractivity (Wildman–Crippen MR) is 113 cm³/mol. The fourth-order valence-electron chi connectivity index (χ4n) is 2.88. The maximum Gasteiger partial charge on any atom is 0.225 e. The summed E-state index contributed by atoms with van der Waals surface area (Å²) < 4.78 is 6.50. The van der Waals surface area contributed by atoms with E-state index in [1.54, 1.807) is 23.1 Å². The maximum absolute atomic E-state index is 12.2. The van der Waals surface area contributed by atoms with Gasteiger partial charge in [-0.15, -0.1) is 11.8 Å². The van der Waals surface area contributed by atoms with Gasteiger partial charge in [0.1, 0.15) is 0 Å². The van der Waals surface area contributed by atoms with Crippen molar-refractivity contribution in [3.8, 4) is 0 Å². The van der Waals surface area contributed by atoms with Crippen LogP contribution in [0.1, 0.15) is 6.42 Å². The zero-order valence-corrected chi connectivity index (χ0v) is 16.5. The predicted octanol–water partition coefficient (Wildman–Crippen LogP) is 4.25. The molecule has 1 aromatic heterocycles. The third kappa shape index (κ3) is 4.80. The van der Waals surface area contributed by atoms with Crippen LogP contribution in [0.2, 0.25) is 0 Å². The number of nitrogens with zero attached hydrogens (tertiary/aromatic N) is 2. The lowest BCUT2D eigenvalue weighted by Gasteiger charge is -2.25. The fraction of sp³-hybridized carbons (Fsp3) is 0.300. The number of carbonyl (C=O) groups is 1. The summed E-state index contributed by atoms with van der Waals surface area (Å²) in [6, 6.07) is 16.1. The summed E-state index contributed by atoms with van der Waals surface area (Å²) in [6.07, 6.45) is 0.485. The summed E-state index contributed by atoms with van der Waals surface area (Å²) in [4.78, 5) is 20.4. The van der Waals surface area contributed by atoms with Crippen LogP contribution in [0.15, 0.2) is 53.4 Å². The van der Waals surface area contributed by atoms with Gasteiger partial charge in [0.15, 0.2) is 5.13 Å². The van der Waals surface area contributed by atoms with Crippen LogP contribution in [-0.2, 0) is 9.53 Å². The molecule has 2 aromatic carbocycles. The summed E-state index contributed by atoms with van der Waals surface area (Å²) in [5, 5.41) is 4.03. The molecule has 27 heavy (non-hydrogen) atoms. The van der Waals surface area contributed by atoms with Gasteiger partial charge < -0.3 is 15.0 Å². The molecule has 140 valence electrons. The van der Waals surface area contributed by atoms with Crippen molar-refractivity contribution >= 4 is 50.0 Å². The van der Waals surface area contributed by atoms with Crippen molar-refractivity contribution in [3.63, 3.8) is 0 Å². The Bertz CT molecular complexity index is 908. The Morgan fingerprint density at radius 1 is 1.19 bits per heavy atom. The maximum atomic E-state index is 12.2. The molecule has 0 spiro atoms. The number of ether oxygens (including phenoxy) is 1. The zero-order valence-electron chi connectivity index (χ0n) is 14.9. The van der Waals surface area contributed by atoms with Gasteiger partial charge in [-0.3, -0.25) is 4.79 Å². The van der Waals surface area contributed by atoms with Crippen molar-refractivity contribution in [1.82, 2.24) is 4.98 Å². The van der Waals surface area contributed by atoms with Gasteiger partial charge in [0.05, 0.1) is 23.4 Å². The number of hydrogen-bond acceptors (Lipinski definition) is 6. The number of aromatic nitrogens is 1. The number of benzene rings is 2. The lowest BCUT2D eigenvalue weighted by Crippen LogP contribution is -2.36. The molecule has 3 aromatic rings. The Labute approximate surface area is 166 Å². The normalized spacial score (nSPS) is 14.4. The average molecular weight is 400 g/mol. The quantitative estimate of drug-likeness (QED) is 0.628. The smallest absolute Gasteiger partial charge is 0.225 e. The molecule has 0 aliphatic carbocycles. The van der Waals surface area contributed by atoms with Gasteiger partial charge in [0.2, 0.25) is 5.91 Å². The van der Waals surface area contributed by atoms with Crippen molar-refractivity contribution in [2.45, 2.75) is 11.3 Å². The number of amides is 1. The van der Waals surface area contributed by atoms with E-state index in [1.165, 1.54) is 4.90 Å². The zero-order chi connectivity index (χ0) is 18.5. The van der Waals surface area contributed by atoms with Crippen LogP contribution in [0.5, 0.6) is 0 Å². The van der Waals surface area contributed by atoms with Gasteiger partial charge in [-0.25, -0.2) is 4.98 Å². The van der Waals surface area contributed by atoms with Crippen molar-refractivity contribution in [2.75, 3.05) is 42.3 Å². The van der Waals surface area contributed by atoms with E-state index in [0.29, 0.717) is 6.42 Å². The van der Waals surface area contributed by atoms with Crippen molar-refractivity contribution < 1.29 is 9.53 Å². The molecule has 2 heterocycles. The Kier molecular flexibility index (Phi) is 5.91. The monoisotopic (exact) mass is 399 g/mol. The largest absolute Gasteiger partial charge is 0.378 e. The van der Waals surface area contributed by atoms with Crippen LogP contribution in [0.4, 0.5) is 10.8 Å². The van der Waals surface area contributed by atoms with Crippen LogP contribution in [0, 0.1) is 0 Å². The molecule has 0 saturated carbocycles. The van der Waals surface area contributed by atoms with E-state index < -0.39 is 0 Å². The number of thioether (sulfide) groups is 1. The molecule has 1 amide bonds. The first-order valence-corrected chi connectivity index (χ1v) is 10.8. The first kappa shape index (κ1) is 18.3. The van der Waals surface area contributed by atoms with E-state index in [0.717, 1.165) is 53.1 Å². The molecule has 0 bridgehead atoms. The van der Waals surface area contributed by atoms with Crippen LogP contribution in [0.25, 0.3) is 10.2 Å². The average Bonchev–Trinajstić information content (AvgIpc) is 3.13. The Morgan fingerprint density at radius 3 is 2.81 bits per heavy atom. The molecule has 1 fully saturated rings. The van der Waals surface area contributed by atoms with E-state index in [9.17, 15) is 4.79 Å². The van der Waals surface area contributed by atoms with E-state index in [1.807, 2.05) is 36.4 Å². The number of anilines is 2. The van der Waals surface area contributed by atoms with Gasteiger partial charge in [0, 0.05) is 35.8 Å². The van der Waals surface area contributed by atoms with Crippen molar-refractivity contribution in [2.24, 2.45) is 0 Å². The van der Waals surface area contributed by atoms with Crippen molar-refractivity contribution in [3.05, 3.63) is 48.5 Å². The van der Waals surface area contributed by atoms with E-state index in [2.05, 4.69) is 22.3 Å². The SMILES string of the molecule is O=C(CCSc1ccccc1)Nc1ccc2nc(N3CCOCC3)sc2c1. The second kappa shape index (κ2) is 8.73. The Hall–Kier alpha value is -2.09. The molecular weight excluding hydrogens is 378 g/mol. The fourth-order valence-corrected chi connectivity index (χ4v) is 4.81. The minimum atomic E-state index is 0.0377. The molecule has 1 aliphatic heterocycles. The number of morpholine rings is 1. The summed E-state index contributed by atoms with van der Waals surface area (Å²) in [7, 11) is 0. The number of thiazole rings is 1. The minimum absolute atomic E-state index is 0.0377. The molecular formula is C20H21N3O2S2. The van der Waals surface area contributed by atoms with Gasteiger partial charge in [-0.1, -0.05) is 29.5 Å². The second-order valence-corrected chi connectivity index (χ2v) is 8.42. The first-order valence-electron chi connectivity index (χ1n) is 8.99.